The molecule has 3 aromatic carbocycles. The lowest BCUT2D eigenvalue weighted by molar-refractivity contribution is 0.0742. The molecule has 1 amide bonds. The molecule has 0 fully saturated rings. The van der Waals surface area contributed by atoms with Gasteiger partial charge in [0.25, 0.3) is 5.91 Å². The molecule has 0 saturated heterocycles. The minimum atomic E-state index is -3.73. The third kappa shape index (κ3) is 6.07. The Labute approximate surface area is 199 Å². The van der Waals surface area contributed by atoms with E-state index < -0.39 is 10.0 Å². The van der Waals surface area contributed by atoms with E-state index in [2.05, 4.69) is 4.72 Å². The number of carbonyl (C=O) groups excluding carboxylic acids is 2. The summed E-state index contributed by atoms with van der Waals surface area (Å²) in [7, 11) is -2.00. The van der Waals surface area contributed by atoms with Crippen LogP contribution < -0.4 is 4.72 Å². The Balaban J connectivity index is 1.64. The molecule has 0 aromatic heterocycles. The molecule has 0 aliphatic carbocycles. The van der Waals surface area contributed by atoms with E-state index in [1.54, 1.807) is 42.3 Å². The number of sulfonamides is 1. The zero-order valence-corrected chi connectivity index (χ0v) is 20.2. The number of ketones is 1. The standard InChI is InChI=1S/C25H25ClN2O4S/c1-17(22-5-4-6-23(26)15-22)28(3)25(30)21-9-7-19(8-10-21)16-27-33(31,32)24-13-11-20(12-14-24)18(2)29/h4-15,17,27H,16H2,1-3H3. The second-order valence-electron chi connectivity index (χ2n) is 7.75. The summed E-state index contributed by atoms with van der Waals surface area (Å²) >= 11 is 6.06. The number of rotatable bonds is 8. The van der Waals surface area contributed by atoms with Crippen molar-refractivity contribution >= 4 is 33.3 Å². The predicted molar refractivity (Wildman–Crippen MR) is 129 cm³/mol. The number of carbonyl (C=O) groups is 2. The van der Waals surface area contributed by atoms with Crippen LogP contribution in [-0.4, -0.2) is 32.1 Å². The van der Waals surface area contributed by atoms with Crippen molar-refractivity contribution in [3.63, 3.8) is 0 Å². The molecule has 1 N–H and O–H groups in total. The van der Waals surface area contributed by atoms with Crippen molar-refractivity contribution in [1.82, 2.24) is 9.62 Å². The van der Waals surface area contributed by atoms with Gasteiger partial charge in [-0.3, -0.25) is 9.59 Å². The molecule has 0 heterocycles. The van der Waals surface area contributed by atoms with E-state index in [9.17, 15) is 18.0 Å². The summed E-state index contributed by atoms with van der Waals surface area (Å²) < 4.78 is 27.6. The van der Waals surface area contributed by atoms with E-state index in [0.717, 1.165) is 5.56 Å². The molecule has 0 bridgehead atoms. The number of nitrogens with zero attached hydrogens (tertiary/aromatic N) is 1. The number of amides is 1. The van der Waals surface area contributed by atoms with Gasteiger partial charge < -0.3 is 4.90 Å². The zero-order valence-electron chi connectivity index (χ0n) is 18.6. The third-order valence-electron chi connectivity index (χ3n) is 5.47. The first kappa shape index (κ1) is 24.6. The van der Waals surface area contributed by atoms with Gasteiger partial charge in [0.1, 0.15) is 0 Å². The molecule has 0 aliphatic rings. The van der Waals surface area contributed by atoms with Crippen LogP contribution >= 0.6 is 11.6 Å². The van der Waals surface area contributed by atoms with Crippen LogP contribution in [0.1, 0.15) is 51.7 Å². The Bertz CT molecular complexity index is 1260. The molecule has 1 unspecified atom stereocenters. The van der Waals surface area contributed by atoms with Gasteiger partial charge >= 0.3 is 0 Å². The van der Waals surface area contributed by atoms with Crippen LogP contribution in [0.3, 0.4) is 0 Å². The van der Waals surface area contributed by atoms with Gasteiger partial charge in [0.2, 0.25) is 10.0 Å². The van der Waals surface area contributed by atoms with Crippen LogP contribution in [0, 0.1) is 0 Å². The minimum Gasteiger partial charge on any atom is -0.335 e. The van der Waals surface area contributed by atoms with Crippen LogP contribution in [0.15, 0.2) is 77.7 Å². The van der Waals surface area contributed by atoms with E-state index in [4.69, 9.17) is 11.6 Å². The highest BCUT2D eigenvalue weighted by atomic mass is 35.5. The monoisotopic (exact) mass is 484 g/mol. The Hall–Kier alpha value is -3.00. The number of Topliss-reactive ketones (excluding diaryl/α,β-unsaturated/α-hetero) is 1. The van der Waals surface area contributed by atoms with Gasteiger partial charge in [0.15, 0.2) is 5.78 Å². The number of halogens is 1. The molecule has 0 saturated carbocycles. The molecule has 0 aliphatic heterocycles. The quantitative estimate of drug-likeness (QED) is 0.463. The van der Waals surface area contributed by atoms with Gasteiger partial charge in [-0.25, -0.2) is 13.1 Å². The average molecular weight is 485 g/mol. The fourth-order valence-electron chi connectivity index (χ4n) is 3.27. The van der Waals surface area contributed by atoms with E-state index in [0.29, 0.717) is 21.7 Å². The van der Waals surface area contributed by atoms with Gasteiger partial charge in [0, 0.05) is 29.7 Å². The summed E-state index contributed by atoms with van der Waals surface area (Å²) in [6.45, 7) is 3.42. The topological polar surface area (TPSA) is 83.5 Å². The van der Waals surface area contributed by atoms with E-state index >= 15 is 0 Å². The number of nitrogens with one attached hydrogen (secondary N) is 1. The first-order valence-electron chi connectivity index (χ1n) is 10.3. The van der Waals surface area contributed by atoms with Crippen molar-refractivity contribution in [3.8, 4) is 0 Å². The Morgan fingerprint density at radius 2 is 1.58 bits per heavy atom. The van der Waals surface area contributed by atoms with Crippen LogP contribution in [0.5, 0.6) is 0 Å². The third-order valence-corrected chi connectivity index (χ3v) is 7.12. The fraction of sp³-hybridized carbons (Fsp3) is 0.200. The molecule has 0 radical (unpaired) electrons. The summed E-state index contributed by atoms with van der Waals surface area (Å²) in [5.41, 5.74) is 2.59. The molecular formula is C25H25ClN2O4S. The maximum absolute atomic E-state index is 12.9. The highest BCUT2D eigenvalue weighted by Crippen LogP contribution is 2.23. The van der Waals surface area contributed by atoms with Gasteiger partial charge in [-0.05, 0) is 61.4 Å². The Morgan fingerprint density at radius 1 is 0.970 bits per heavy atom. The van der Waals surface area contributed by atoms with Crippen LogP contribution in [-0.2, 0) is 16.6 Å². The number of hydrogen-bond donors (Lipinski definition) is 1. The number of benzene rings is 3. The van der Waals surface area contributed by atoms with Crippen molar-refractivity contribution in [2.45, 2.75) is 31.3 Å². The van der Waals surface area contributed by atoms with Crippen molar-refractivity contribution in [2.75, 3.05) is 7.05 Å². The summed E-state index contributed by atoms with van der Waals surface area (Å²) in [4.78, 5) is 26.0. The summed E-state index contributed by atoms with van der Waals surface area (Å²) in [6.07, 6.45) is 0. The van der Waals surface area contributed by atoms with Crippen LogP contribution in [0.2, 0.25) is 5.02 Å². The first-order valence-corrected chi connectivity index (χ1v) is 12.2. The van der Waals surface area contributed by atoms with E-state index in [1.165, 1.54) is 31.2 Å². The predicted octanol–water partition coefficient (Wildman–Crippen LogP) is 4.85. The largest absolute Gasteiger partial charge is 0.335 e. The van der Waals surface area contributed by atoms with Crippen molar-refractivity contribution in [3.05, 3.63) is 100 Å². The van der Waals surface area contributed by atoms with Crippen molar-refractivity contribution in [1.29, 1.82) is 0 Å². The van der Waals surface area contributed by atoms with Gasteiger partial charge in [-0.15, -0.1) is 0 Å². The van der Waals surface area contributed by atoms with E-state index in [-0.39, 0.29) is 29.2 Å². The zero-order chi connectivity index (χ0) is 24.2. The molecule has 8 heteroatoms. The summed E-state index contributed by atoms with van der Waals surface area (Å²) in [5, 5.41) is 0.613. The fourth-order valence-corrected chi connectivity index (χ4v) is 4.48. The van der Waals surface area contributed by atoms with Crippen molar-refractivity contribution in [2.24, 2.45) is 0 Å². The van der Waals surface area contributed by atoms with Gasteiger partial charge in [-0.2, -0.15) is 0 Å². The molecule has 0 spiro atoms. The molecule has 6 nitrogen and oxygen atoms in total. The smallest absolute Gasteiger partial charge is 0.254 e. The van der Waals surface area contributed by atoms with E-state index in [1.807, 2.05) is 25.1 Å². The highest BCUT2D eigenvalue weighted by Gasteiger charge is 2.19. The van der Waals surface area contributed by atoms with Gasteiger partial charge in [0.05, 0.1) is 10.9 Å². The molecule has 3 aromatic rings. The average Bonchev–Trinajstić information content (AvgIpc) is 2.81. The molecule has 1 atom stereocenters. The van der Waals surface area contributed by atoms with Gasteiger partial charge in [-0.1, -0.05) is 48.0 Å². The maximum atomic E-state index is 12.9. The first-order chi connectivity index (χ1) is 15.6. The number of hydrogen-bond acceptors (Lipinski definition) is 4. The lowest BCUT2D eigenvalue weighted by Gasteiger charge is -2.25. The van der Waals surface area contributed by atoms with Crippen LogP contribution in [0.4, 0.5) is 0 Å². The minimum absolute atomic E-state index is 0.0695. The SMILES string of the molecule is CC(=O)c1ccc(S(=O)(=O)NCc2ccc(C(=O)N(C)C(C)c3cccc(Cl)c3)cc2)cc1. The molecule has 172 valence electrons. The Morgan fingerprint density at radius 3 is 2.15 bits per heavy atom. The second-order valence-corrected chi connectivity index (χ2v) is 9.95. The summed E-state index contributed by atoms with van der Waals surface area (Å²) in [5.74, 6) is -0.283. The lowest BCUT2D eigenvalue weighted by atomic mass is 10.1. The normalized spacial score (nSPS) is 12.2. The maximum Gasteiger partial charge on any atom is 0.254 e. The van der Waals surface area contributed by atoms with Crippen molar-refractivity contribution < 1.29 is 18.0 Å². The highest BCUT2D eigenvalue weighted by molar-refractivity contribution is 7.89. The molecule has 3 rings (SSSR count). The molecular weight excluding hydrogens is 460 g/mol. The summed E-state index contributed by atoms with van der Waals surface area (Å²) in [6, 6.07) is 19.8. The lowest BCUT2D eigenvalue weighted by Crippen LogP contribution is -2.29. The van der Waals surface area contributed by atoms with Crippen LogP contribution in [0.25, 0.3) is 0 Å². The second kappa shape index (κ2) is 10.3. The Kier molecular flexibility index (Phi) is 7.68. The molecule has 33 heavy (non-hydrogen) atoms.